The summed E-state index contributed by atoms with van der Waals surface area (Å²) in [4.78, 5) is 15.6. The highest BCUT2D eigenvalue weighted by Crippen LogP contribution is 2.41. The molecule has 0 fully saturated rings. The Morgan fingerprint density at radius 1 is 0.542 bits per heavy atom. The Morgan fingerprint density at radius 2 is 1.15 bits per heavy atom. The van der Waals surface area contributed by atoms with Crippen molar-refractivity contribution in [1.82, 2.24) is 9.97 Å². The van der Waals surface area contributed by atoms with Gasteiger partial charge in [-0.25, -0.2) is 15.0 Å². The van der Waals surface area contributed by atoms with Crippen LogP contribution in [0, 0.1) is 5.92 Å². The summed E-state index contributed by atoms with van der Waals surface area (Å²) in [5.41, 5.74) is 14.8. The largest absolute Gasteiger partial charge is 0.456 e. The maximum atomic E-state index is 6.51. The number of fused-ring (bicyclic) bond motifs is 6. The molecule has 9 aromatic rings. The van der Waals surface area contributed by atoms with Gasteiger partial charge in [0.15, 0.2) is 5.82 Å². The van der Waals surface area contributed by atoms with Crippen LogP contribution in [0.4, 0.5) is 0 Å². The van der Waals surface area contributed by atoms with E-state index in [2.05, 4.69) is 166 Å². The van der Waals surface area contributed by atoms with Crippen molar-refractivity contribution in [2.75, 3.05) is 0 Å². The Morgan fingerprint density at radius 3 is 1.81 bits per heavy atom. The third-order valence-electron chi connectivity index (χ3n) is 12.0. The topological polar surface area (TPSA) is 64.4 Å². The van der Waals surface area contributed by atoms with E-state index in [-0.39, 0.29) is 11.8 Å². The van der Waals surface area contributed by atoms with Crippen molar-refractivity contribution in [1.29, 1.82) is 0 Å². The summed E-state index contributed by atoms with van der Waals surface area (Å²) in [6.45, 7) is 4.50. The van der Waals surface area contributed by atoms with Crippen LogP contribution in [0.1, 0.15) is 48.6 Å². The van der Waals surface area contributed by atoms with Crippen molar-refractivity contribution in [3.05, 3.63) is 204 Å². The minimum absolute atomic E-state index is 0.167. The van der Waals surface area contributed by atoms with Crippen molar-refractivity contribution in [3.8, 4) is 22.6 Å². The van der Waals surface area contributed by atoms with Gasteiger partial charge in [-0.2, -0.15) is 0 Å². The van der Waals surface area contributed by atoms with E-state index in [1.807, 2.05) is 24.3 Å². The van der Waals surface area contributed by atoms with Crippen LogP contribution < -0.4 is 0 Å². The fraction of sp³-hybridized carbons (Fsp3) is 0.0926. The number of allylic oxidation sites excluding steroid dienone is 7. The smallest absolute Gasteiger partial charge is 0.160 e. The third kappa shape index (κ3) is 6.23. The first-order valence-electron chi connectivity index (χ1n) is 20.3. The number of aliphatic imine (C=N–C) groups is 1. The molecule has 1 aliphatic carbocycles. The summed E-state index contributed by atoms with van der Waals surface area (Å²) in [5, 5.41) is 4.11. The Kier molecular flexibility index (Phi) is 8.40. The zero-order valence-corrected chi connectivity index (χ0v) is 32.8. The van der Waals surface area contributed by atoms with Crippen molar-refractivity contribution < 1.29 is 8.83 Å². The van der Waals surface area contributed by atoms with E-state index in [0.29, 0.717) is 0 Å². The second kappa shape index (κ2) is 14.2. The Balaban J connectivity index is 1.05. The zero-order valence-electron chi connectivity index (χ0n) is 32.8. The molecule has 4 heterocycles. The summed E-state index contributed by atoms with van der Waals surface area (Å²) in [6.07, 6.45) is 11.8. The molecule has 0 spiro atoms. The molecular weight excluding hydrogens is 723 g/mol. The van der Waals surface area contributed by atoms with Gasteiger partial charge in [-0.15, -0.1) is 0 Å². The van der Waals surface area contributed by atoms with Crippen LogP contribution in [0.25, 0.3) is 77.8 Å². The van der Waals surface area contributed by atoms with Crippen molar-refractivity contribution >= 4 is 60.9 Å². The van der Waals surface area contributed by atoms with E-state index >= 15 is 0 Å². The molecule has 1 aliphatic heterocycles. The van der Waals surface area contributed by atoms with Gasteiger partial charge in [0.25, 0.3) is 0 Å². The number of nitrogens with zero attached hydrogens (tertiary/aromatic N) is 3. The summed E-state index contributed by atoms with van der Waals surface area (Å²) in [6, 6.07) is 50.6. The molecule has 0 bridgehead atoms. The van der Waals surface area contributed by atoms with Crippen LogP contribution in [0.3, 0.4) is 0 Å². The molecule has 6 aromatic carbocycles. The Bertz CT molecular complexity index is 3250. The van der Waals surface area contributed by atoms with Crippen LogP contribution in [-0.4, -0.2) is 15.7 Å². The third-order valence-corrected chi connectivity index (χ3v) is 12.0. The summed E-state index contributed by atoms with van der Waals surface area (Å²) < 4.78 is 13.0. The predicted octanol–water partition coefficient (Wildman–Crippen LogP) is 14.2. The van der Waals surface area contributed by atoms with Gasteiger partial charge in [-0.1, -0.05) is 122 Å². The first-order valence-corrected chi connectivity index (χ1v) is 20.3. The lowest BCUT2D eigenvalue weighted by Crippen LogP contribution is -2.03. The molecule has 0 saturated carbocycles. The van der Waals surface area contributed by atoms with Crippen molar-refractivity contribution in [2.24, 2.45) is 10.9 Å². The molecule has 11 rings (SSSR count). The maximum Gasteiger partial charge on any atom is 0.160 e. The number of hydrogen-bond donors (Lipinski definition) is 0. The fourth-order valence-corrected chi connectivity index (χ4v) is 8.64. The molecule has 0 amide bonds. The molecule has 0 saturated heterocycles. The molecule has 0 radical (unpaired) electrons. The van der Waals surface area contributed by atoms with E-state index in [9.17, 15) is 0 Å². The first kappa shape index (κ1) is 34.8. The lowest BCUT2D eigenvalue weighted by atomic mass is 9.86. The lowest BCUT2D eigenvalue weighted by Gasteiger charge is -2.18. The Labute approximate surface area is 342 Å². The van der Waals surface area contributed by atoms with Gasteiger partial charge >= 0.3 is 0 Å². The second-order valence-corrected chi connectivity index (χ2v) is 15.6. The molecule has 5 heteroatoms. The van der Waals surface area contributed by atoms with Crippen LogP contribution in [0.15, 0.2) is 195 Å². The number of furan rings is 2. The van der Waals surface area contributed by atoms with Gasteiger partial charge in [-0.3, -0.25) is 0 Å². The van der Waals surface area contributed by atoms with Crippen LogP contribution in [-0.2, 0) is 0 Å². The quantitative estimate of drug-likeness (QED) is 0.169. The lowest BCUT2D eigenvalue weighted by molar-refractivity contribution is 0.656. The Hall–Kier alpha value is -7.37. The number of benzene rings is 6. The molecule has 0 N–H and O–H groups in total. The SMILES string of the molecule is CC1=C(c2ccccc2)N=C(c2ccc3oc4cc5oc6ccc(-c7cc(C8C=CC=CC8)nc(-c8ccccc8)n7)cc6c5cc4c3c2)C=C(c2ccccc2)C1C. The molecular formula is C54H39N3O2. The molecule has 3 aromatic heterocycles. The highest BCUT2D eigenvalue weighted by atomic mass is 16.3. The maximum absolute atomic E-state index is 6.51. The van der Waals surface area contributed by atoms with Crippen LogP contribution in [0.5, 0.6) is 0 Å². The molecule has 59 heavy (non-hydrogen) atoms. The summed E-state index contributed by atoms with van der Waals surface area (Å²) >= 11 is 0. The zero-order chi connectivity index (χ0) is 39.5. The van der Waals surface area contributed by atoms with Gasteiger partial charge in [0.1, 0.15) is 22.3 Å². The van der Waals surface area contributed by atoms with Crippen molar-refractivity contribution in [3.63, 3.8) is 0 Å². The number of hydrogen-bond acceptors (Lipinski definition) is 5. The minimum atomic E-state index is 0.167. The van der Waals surface area contributed by atoms with Gasteiger partial charge in [0.05, 0.1) is 22.8 Å². The van der Waals surface area contributed by atoms with E-state index < -0.39 is 0 Å². The second-order valence-electron chi connectivity index (χ2n) is 15.6. The van der Waals surface area contributed by atoms with Crippen LogP contribution >= 0.6 is 0 Å². The van der Waals surface area contributed by atoms with Gasteiger partial charge in [0.2, 0.25) is 0 Å². The van der Waals surface area contributed by atoms with Gasteiger partial charge in [0, 0.05) is 61.7 Å². The molecule has 2 aliphatic rings. The number of aromatic nitrogens is 2. The minimum Gasteiger partial charge on any atom is -0.456 e. The summed E-state index contributed by atoms with van der Waals surface area (Å²) in [7, 11) is 0. The summed E-state index contributed by atoms with van der Waals surface area (Å²) in [5.74, 6) is 1.08. The fourth-order valence-electron chi connectivity index (χ4n) is 8.64. The first-order chi connectivity index (χ1) is 29.0. The van der Waals surface area contributed by atoms with E-state index in [1.54, 1.807) is 0 Å². The van der Waals surface area contributed by atoms with Gasteiger partial charge in [-0.05, 0) is 84.7 Å². The van der Waals surface area contributed by atoms with E-state index in [4.69, 9.17) is 23.8 Å². The monoisotopic (exact) mass is 761 g/mol. The molecule has 2 atom stereocenters. The van der Waals surface area contributed by atoms with Gasteiger partial charge < -0.3 is 8.83 Å². The standard InChI is InChI=1S/C54H39N3O2/c1-33-34(2)53(37-19-11-5-12-20-37)55-46(30-41(33)35-15-7-3-8-16-35)39-23-25-49-42(27-39)44-29-45-43-28-40(24-26-50(43)59-52(45)32-51(44)58-49)48-31-47(36-17-9-4-10-18-36)56-54(57-48)38-21-13-6-14-22-38/h3-17,19-33,36H,18H2,1-2H3. The van der Waals surface area contributed by atoms with E-state index in [0.717, 1.165) is 101 Å². The highest BCUT2D eigenvalue weighted by Gasteiger charge is 2.23. The van der Waals surface area contributed by atoms with Crippen LogP contribution in [0.2, 0.25) is 0 Å². The van der Waals surface area contributed by atoms with Crippen molar-refractivity contribution in [2.45, 2.75) is 26.2 Å². The predicted molar refractivity (Wildman–Crippen MR) is 242 cm³/mol. The molecule has 5 nitrogen and oxygen atoms in total. The average Bonchev–Trinajstić information content (AvgIpc) is 3.81. The average molecular weight is 762 g/mol. The van der Waals surface area contributed by atoms with E-state index in [1.165, 1.54) is 16.7 Å². The molecule has 2 unspecified atom stereocenters. The highest BCUT2D eigenvalue weighted by molar-refractivity contribution is 6.20. The number of rotatable bonds is 6. The molecule has 282 valence electrons. The normalized spacial score (nSPS) is 16.9.